The lowest BCUT2D eigenvalue weighted by Crippen LogP contribution is -2.36. The van der Waals surface area contributed by atoms with Crippen LogP contribution in [0.5, 0.6) is 5.75 Å². The molecule has 4 unspecified atom stereocenters. The van der Waals surface area contributed by atoms with Crippen LogP contribution in [-0.2, 0) is 23.9 Å². The second-order valence-corrected chi connectivity index (χ2v) is 11.0. The number of likely N-dealkylation sites (tertiary alicyclic amines) is 2. The molecule has 3 N–H and O–H groups in total. The predicted octanol–water partition coefficient (Wildman–Crippen LogP) is 3.73. The molecule has 2 saturated heterocycles. The van der Waals surface area contributed by atoms with Crippen molar-refractivity contribution < 1.29 is 33.4 Å². The molecule has 1 aromatic heterocycles. The van der Waals surface area contributed by atoms with E-state index in [4.69, 9.17) is 5.26 Å². The second-order valence-electron chi connectivity index (χ2n) is 11.0. The topological polar surface area (TPSA) is 165 Å². The molecule has 4 amide bonds. The number of carbonyl (C=O) groups is 4. The second kappa shape index (κ2) is 23.6. The molecule has 1 aromatic rings. The Kier molecular flexibility index (Phi) is 21.6. The Morgan fingerprint density at radius 1 is 1.18 bits per heavy atom. The zero-order valence-corrected chi connectivity index (χ0v) is 27.0. The summed E-state index contributed by atoms with van der Waals surface area (Å²) >= 11 is 0. The van der Waals surface area contributed by atoms with E-state index >= 15 is 0 Å². The van der Waals surface area contributed by atoms with Crippen molar-refractivity contribution >= 4 is 30.5 Å². The number of fused-ring (bicyclic) bond motifs is 1. The number of nitrogens with one attached hydrogen (secondary N) is 2. The molecule has 3 heterocycles. The minimum Gasteiger partial charge on any atom is -0.504 e. The lowest BCUT2D eigenvalue weighted by atomic mass is 9.82. The fourth-order valence-corrected chi connectivity index (χ4v) is 4.86. The first kappa shape index (κ1) is 40.2. The number of halogens is 1. The molecule has 0 aromatic carbocycles. The Morgan fingerprint density at radius 3 is 2.18 bits per heavy atom. The zero-order chi connectivity index (χ0) is 33.5. The summed E-state index contributed by atoms with van der Waals surface area (Å²) in [6, 6.07) is 4.35. The Labute approximate surface area is 261 Å². The van der Waals surface area contributed by atoms with Gasteiger partial charge in [-0.1, -0.05) is 47.5 Å². The standard InChI is InChI=1S/C12H12N4O3.C11H18N2O2.C4H10.C2H5FO.C2H6/c13-5-9-4-8(6-16(9)7-17)12(19)15-11-10(18)2-1-3-14-11;14-8-12-5-11(15)13-6-9-3-1-2-4-10(9)7-13;1-4(2)3;1-4-2-3;1-2/h1-3,7-9,18H,4,6H2,(H,14,15,19);8-10H,1-7H2,(H,12,14);4H,1-3H3;2H2,1H3;1-2H3. The van der Waals surface area contributed by atoms with Crippen molar-refractivity contribution in [2.45, 2.75) is 72.8 Å². The van der Waals surface area contributed by atoms with Crippen LogP contribution in [0.2, 0.25) is 0 Å². The maximum absolute atomic E-state index is 12.0. The van der Waals surface area contributed by atoms with E-state index in [-0.39, 0.29) is 42.9 Å². The van der Waals surface area contributed by atoms with Crippen molar-refractivity contribution in [2.24, 2.45) is 23.7 Å². The minimum atomic E-state index is -0.681. The number of methoxy groups -OCH3 is 1. The summed E-state index contributed by atoms with van der Waals surface area (Å²) in [4.78, 5) is 51.5. The van der Waals surface area contributed by atoms with Crippen molar-refractivity contribution in [3.05, 3.63) is 18.3 Å². The number of ether oxygens (including phenoxy) is 1. The van der Waals surface area contributed by atoms with Gasteiger partial charge in [-0.25, -0.2) is 9.37 Å². The normalized spacial score (nSPS) is 21.2. The van der Waals surface area contributed by atoms with E-state index in [1.165, 1.54) is 50.0 Å². The third kappa shape index (κ3) is 15.1. The van der Waals surface area contributed by atoms with Crippen LogP contribution in [-0.4, -0.2) is 90.7 Å². The van der Waals surface area contributed by atoms with Crippen molar-refractivity contribution in [1.82, 2.24) is 20.1 Å². The average molecular weight is 623 g/mol. The van der Waals surface area contributed by atoms with E-state index in [2.05, 4.69) is 41.1 Å². The molecule has 3 fully saturated rings. The lowest BCUT2D eigenvalue weighted by Gasteiger charge is -2.22. The summed E-state index contributed by atoms with van der Waals surface area (Å²) in [6.45, 7) is 12.0. The lowest BCUT2D eigenvalue weighted by molar-refractivity contribution is -0.130. The van der Waals surface area contributed by atoms with Crippen LogP contribution in [0.4, 0.5) is 10.2 Å². The third-order valence-electron chi connectivity index (χ3n) is 6.80. The molecular formula is C31H51FN6O6. The van der Waals surface area contributed by atoms with Gasteiger partial charge in [0.2, 0.25) is 24.6 Å². The maximum atomic E-state index is 12.0. The molecule has 13 heteroatoms. The predicted molar refractivity (Wildman–Crippen MR) is 166 cm³/mol. The number of alkyl halides is 1. The third-order valence-corrected chi connectivity index (χ3v) is 6.80. The summed E-state index contributed by atoms with van der Waals surface area (Å²) in [6.07, 6.45) is 8.06. The molecule has 248 valence electrons. The molecule has 44 heavy (non-hydrogen) atoms. The molecule has 4 atom stereocenters. The Morgan fingerprint density at radius 2 is 1.75 bits per heavy atom. The van der Waals surface area contributed by atoms with E-state index in [1.807, 2.05) is 24.8 Å². The smallest absolute Gasteiger partial charge is 0.241 e. The molecule has 0 bridgehead atoms. The van der Waals surface area contributed by atoms with Gasteiger partial charge in [-0.05, 0) is 49.1 Å². The van der Waals surface area contributed by atoms with Crippen LogP contribution >= 0.6 is 0 Å². The zero-order valence-electron chi connectivity index (χ0n) is 27.0. The highest BCUT2D eigenvalue weighted by molar-refractivity contribution is 5.93. The molecule has 1 saturated carbocycles. The van der Waals surface area contributed by atoms with Gasteiger partial charge >= 0.3 is 0 Å². The number of anilines is 1. The molecule has 0 radical (unpaired) electrons. The van der Waals surface area contributed by atoms with Crippen LogP contribution in [0.25, 0.3) is 0 Å². The Balaban J connectivity index is 0.000000656. The first-order chi connectivity index (χ1) is 21.1. The van der Waals surface area contributed by atoms with Gasteiger partial charge in [-0.3, -0.25) is 19.2 Å². The van der Waals surface area contributed by atoms with Gasteiger partial charge in [0.15, 0.2) is 18.4 Å². The number of rotatable bonds is 7. The number of aromatic hydroxyl groups is 1. The van der Waals surface area contributed by atoms with Gasteiger partial charge in [0.05, 0.1) is 18.5 Å². The van der Waals surface area contributed by atoms with Crippen molar-refractivity contribution in [2.75, 3.05) is 45.5 Å². The molecular weight excluding hydrogens is 571 g/mol. The Bertz CT molecular complexity index is 1000. The van der Waals surface area contributed by atoms with Crippen molar-refractivity contribution in [1.29, 1.82) is 5.26 Å². The molecule has 1 aliphatic carbocycles. The summed E-state index contributed by atoms with van der Waals surface area (Å²) in [5, 5.41) is 23.3. The monoisotopic (exact) mass is 622 g/mol. The fourth-order valence-electron chi connectivity index (χ4n) is 4.86. The average Bonchev–Trinajstić information content (AvgIpc) is 3.67. The molecule has 12 nitrogen and oxygen atoms in total. The van der Waals surface area contributed by atoms with Gasteiger partial charge in [0.1, 0.15) is 6.04 Å². The number of nitrogens with zero attached hydrogens (tertiary/aromatic N) is 4. The molecule has 3 aliphatic rings. The molecule has 2 aliphatic heterocycles. The van der Waals surface area contributed by atoms with Crippen molar-refractivity contribution in [3.8, 4) is 11.8 Å². The van der Waals surface area contributed by atoms with Crippen LogP contribution in [0.1, 0.15) is 66.7 Å². The summed E-state index contributed by atoms with van der Waals surface area (Å²) in [5.74, 6) is 1.45. The highest BCUT2D eigenvalue weighted by atomic mass is 19.1. The van der Waals surface area contributed by atoms with Gasteiger partial charge in [-0.15, -0.1) is 0 Å². The number of amides is 4. The Hall–Kier alpha value is -3.79. The summed E-state index contributed by atoms with van der Waals surface area (Å²) in [7, 11) is 1.31. The number of hydrogen-bond acceptors (Lipinski definition) is 8. The van der Waals surface area contributed by atoms with Crippen LogP contribution in [0, 0.1) is 35.0 Å². The van der Waals surface area contributed by atoms with Crippen LogP contribution in [0.15, 0.2) is 18.3 Å². The molecule has 4 rings (SSSR count). The van der Waals surface area contributed by atoms with Gasteiger partial charge in [-0.2, -0.15) is 5.26 Å². The van der Waals surface area contributed by atoms with Crippen LogP contribution in [0.3, 0.4) is 0 Å². The first-order valence-corrected chi connectivity index (χ1v) is 15.2. The van der Waals surface area contributed by atoms with Gasteiger partial charge in [0.25, 0.3) is 0 Å². The van der Waals surface area contributed by atoms with E-state index < -0.39 is 18.8 Å². The quantitative estimate of drug-likeness (QED) is 0.387. The van der Waals surface area contributed by atoms with Gasteiger partial charge < -0.3 is 30.3 Å². The highest BCUT2D eigenvalue weighted by Crippen LogP contribution is 2.35. The van der Waals surface area contributed by atoms with E-state index in [1.54, 1.807) is 6.07 Å². The van der Waals surface area contributed by atoms with E-state index in [0.29, 0.717) is 12.8 Å². The van der Waals surface area contributed by atoms with Gasteiger partial charge in [0, 0.05) is 32.9 Å². The number of nitriles is 1. The largest absolute Gasteiger partial charge is 0.504 e. The summed E-state index contributed by atoms with van der Waals surface area (Å²) < 4.78 is 14.4. The maximum Gasteiger partial charge on any atom is 0.241 e. The van der Waals surface area contributed by atoms with Crippen molar-refractivity contribution in [3.63, 3.8) is 0 Å². The summed E-state index contributed by atoms with van der Waals surface area (Å²) in [5.41, 5.74) is 0. The first-order valence-electron chi connectivity index (χ1n) is 15.2. The van der Waals surface area contributed by atoms with Crippen LogP contribution < -0.4 is 10.6 Å². The number of pyridine rings is 1. The fraction of sp³-hybridized carbons (Fsp3) is 0.677. The number of carbonyl (C=O) groups excluding carboxylic acids is 4. The number of aromatic nitrogens is 1. The minimum absolute atomic E-state index is 0.0662. The molecule has 0 spiro atoms. The highest BCUT2D eigenvalue weighted by Gasteiger charge is 2.36. The van der Waals surface area contributed by atoms with E-state index in [0.717, 1.165) is 30.8 Å². The number of hydrogen-bond donors (Lipinski definition) is 3. The van der Waals surface area contributed by atoms with E-state index in [9.17, 15) is 28.7 Å². The SMILES string of the molecule is CC.CC(C)C.COCF.N#CC1CC(C(=O)Nc2ncccc2O)CN1C=O.O=CNCC(=O)N1CC2CCCCC2C1.